The molecule has 1 aromatic heterocycles. The summed E-state index contributed by atoms with van der Waals surface area (Å²) in [5, 5.41) is 6.89. The van der Waals surface area contributed by atoms with Crippen molar-refractivity contribution in [3.63, 3.8) is 0 Å². The van der Waals surface area contributed by atoms with Gasteiger partial charge in [-0.1, -0.05) is 17.7 Å². The van der Waals surface area contributed by atoms with Crippen LogP contribution in [-0.2, 0) is 0 Å². The number of carbonyl (C=O) groups excluding carboxylic acids is 1. The van der Waals surface area contributed by atoms with Gasteiger partial charge in [0.2, 0.25) is 11.3 Å². The van der Waals surface area contributed by atoms with E-state index in [0.717, 1.165) is 6.07 Å². The summed E-state index contributed by atoms with van der Waals surface area (Å²) in [4.78, 5) is 24.9. The van der Waals surface area contributed by atoms with Crippen LogP contribution in [0.15, 0.2) is 53.3 Å². The number of nitrogens with zero attached hydrogens (tertiary/aromatic N) is 2. The highest BCUT2D eigenvalue weighted by atomic mass is 35.5. The van der Waals surface area contributed by atoms with Gasteiger partial charge in [-0.15, -0.1) is 0 Å². The quantitative estimate of drug-likeness (QED) is 0.706. The molecule has 0 aliphatic rings. The van der Waals surface area contributed by atoms with Crippen LogP contribution in [0.1, 0.15) is 10.5 Å². The summed E-state index contributed by atoms with van der Waals surface area (Å²) in [6.07, 6.45) is 0. The first-order valence-corrected chi connectivity index (χ1v) is 8.40. The summed E-state index contributed by atoms with van der Waals surface area (Å²) in [5.41, 5.74) is -0.401. The third-order valence-electron chi connectivity index (χ3n) is 3.78. The minimum absolute atomic E-state index is 0.0552. The smallest absolute Gasteiger partial charge is 0.280 e. The first-order chi connectivity index (χ1) is 13.4. The summed E-state index contributed by atoms with van der Waals surface area (Å²) >= 11 is 6.04. The average Bonchev–Trinajstić information content (AvgIpc) is 2.67. The Labute approximate surface area is 164 Å². The van der Waals surface area contributed by atoms with Gasteiger partial charge in [-0.2, -0.15) is 5.10 Å². The number of halogens is 2. The van der Waals surface area contributed by atoms with E-state index in [-0.39, 0.29) is 5.88 Å². The van der Waals surface area contributed by atoms with Crippen molar-refractivity contribution < 1.29 is 18.7 Å². The molecular weight excluding hydrogens is 389 g/mol. The monoisotopic (exact) mass is 403 g/mol. The minimum atomic E-state index is -0.751. The fraction of sp³-hybridized carbons (Fsp3) is 0.105. The molecule has 0 saturated carbocycles. The number of amides is 1. The van der Waals surface area contributed by atoms with Crippen LogP contribution >= 0.6 is 11.6 Å². The first-order valence-electron chi connectivity index (χ1n) is 8.02. The molecular formula is C19H15ClFN3O4. The van der Waals surface area contributed by atoms with Crippen molar-refractivity contribution in [3.05, 3.63) is 75.3 Å². The molecule has 0 radical (unpaired) electrons. The van der Waals surface area contributed by atoms with Gasteiger partial charge in [0.25, 0.3) is 5.91 Å². The van der Waals surface area contributed by atoms with E-state index in [1.165, 1.54) is 43.2 Å². The number of benzene rings is 2. The number of nitrogens with one attached hydrogen (secondary N) is 1. The van der Waals surface area contributed by atoms with E-state index in [0.29, 0.717) is 22.1 Å². The van der Waals surface area contributed by atoms with Crippen molar-refractivity contribution in [2.75, 3.05) is 19.5 Å². The Morgan fingerprint density at radius 2 is 1.93 bits per heavy atom. The van der Waals surface area contributed by atoms with E-state index in [2.05, 4.69) is 10.4 Å². The van der Waals surface area contributed by atoms with Crippen molar-refractivity contribution in [1.82, 2.24) is 9.78 Å². The Morgan fingerprint density at radius 1 is 1.14 bits per heavy atom. The predicted octanol–water partition coefficient (Wildman–Crippen LogP) is 3.29. The van der Waals surface area contributed by atoms with Crippen LogP contribution in [0.3, 0.4) is 0 Å². The molecule has 2 aromatic carbocycles. The largest absolute Gasteiger partial charge is 0.495 e. The maximum atomic E-state index is 13.6. The summed E-state index contributed by atoms with van der Waals surface area (Å²) < 4.78 is 24.9. The van der Waals surface area contributed by atoms with Crippen LogP contribution in [0, 0.1) is 5.82 Å². The molecule has 1 heterocycles. The van der Waals surface area contributed by atoms with E-state index in [1.807, 2.05) is 0 Å². The van der Waals surface area contributed by atoms with E-state index < -0.39 is 22.8 Å². The summed E-state index contributed by atoms with van der Waals surface area (Å²) in [6, 6.07) is 11.2. The Kier molecular flexibility index (Phi) is 5.60. The summed E-state index contributed by atoms with van der Waals surface area (Å²) in [5.74, 6) is -0.756. The maximum absolute atomic E-state index is 13.6. The highest BCUT2D eigenvalue weighted by Crippen LogP contribution is 2.27. The lowest BCUT2D eigenvalue weighted by Gasteiger charge is -2.13. The topological polar surface area (TPSA) is 82.4 Å². The van der Waals surface area contributed by atoms with Gasteiger partial charge in [0.1, 0.15) is 11.6 Å². The second-order valence-corrected chi connectivity index (χ2v) is 6.00. The number of anilines is 1. The van der Waals surface area contributed by atoms with Crippen LogP contribution in [0.4, 0.5) is 10.1 Å². The number of rotatable bonds is 5. The first kappa shape index (κ1) is 19.4. The molecule has 0 aliphatic carbocycles. The normalized spacial score (nSPS) is 10.4. The molecule has 1 amide bonds. The molecule has 9 heteroatoms. The van der Waals surface area contributed by atoms with Crippen LogP contribution in [-0.4, -0.2) is 29.9 Å². The van der Waals surface area contributed by atoms with E-state index >= 15 is 0 Å². The molecule has 0 bridgehead atoms. The highest BCUT2D eigenvalue weighted by Gasteiger charge is 2.18. The fourth-order valence-corrected chi connectivity index (χ4v) is 2.73. The van der Waals surface area contributed by atoms with E-state index in [4.69, 9.17) is 21.1 Å². The molecule has 3 rings (SSSR count). The zero-order chi connectivity index (χ0) is 20.3. The van der Waals surface area contributed by atoms with Crippen LogP contribution in [0.5, 0.6) is 11.6 Å². The van der Waals surface area contributed by atoms with Crippen molar-refractivity contribution in [1.29, 1.82) is 0 Å². The number of hydrogen-bond acceptors (Lipinski definition) is 5. The second-order valence-electron chi connectivity index (χ2n) is 5.59. The molecule has 28 heavy (non-hydrogen) atoms. The van der Waals surface area contributed by atoms with Crippen molar-refractivity contribution in [3.8, 4) is 17.3 Å². The Hall–Kier alpha value is -3.39. The Morgan fingerprint density at radius 3 is 2.57 bits per heavy atom. The molecule has 0 fully saturated rings. The Bertz CT molecular complexity index is 1100. The molecule has 0 saturated heterocycles. The van der Waals surface area contributed by atoms with Gasteiger partial charge in [-0.05, 0) is 36.4 Å². The maximum Gasteiger partial charge on any atom is 0.280 e. The molecule has 144 valence electrons. The number of hydrogen-bond donors (Lipinski definition) is 1. The molecule has 0 unspecified atom stereocenters. The average molecular weight is 404 g/mol. The fourth-order valence-electron chi connectivity index (χ4n) is 2.47. The molecule has 0 atom stereocenters. The lowest BCUT2D eigenvalue weighted by atomic mass is 10.2. The SMILES string of the molecule is COc1ccc(NC(=O)c2nn(-c3cccc(F)c3)c(OC)cc2=O)cc1Cl. The summed E-state index contributed by atoms with van der Waals surface area (Å²) in [6.45, 7) is 0. The summed E-state index contributed by atoms with van der Waals surface area (Å²) in [7, 11) is 2.81. The number of carbonyl (C=O) groups is 1. The zero-order valence-electron chi connectivity index (χ0n) is 14.9. The third-order valence-corrected chi connectivity index (χ3v) is 4.08. The third kappa shape index (κ3) is 3.96. The zero-order valence-corrected chi connectivity index (χ0v) is 15.7. The van der Waals surface area contributed by atoms with Gasteiger partial charge < -0.3 is 14.8 Å². The number of ether oxygens (including phenoxy) is 2. The predicted molar refractivity (Wildman–Crippen MR) is 102 cm³/mol. The van der Waals surface area contributed by atoms with Gasteiger partial charge in [0.05, 0.1) is 31.0 Å². The van der Waals surface area contributed by atoms with Gasteiger partial charge in [-0.25, -0.2) is 9.07 Å². The molecule has 1 N–H and O–H groups in total. The van der Waals surface area contributed by atoms with E-state index in [9.17, 15) is 14.0 Å². The lowest BCUT2D eigenvalue weighted by molar-refractivity contribution is 0.101. The van der Waals surface area contributed by atoms with Gasteiger partial charge >= 0.3 is 0 Å². The molecule has 3 aromatic rings. The van der Waals surface area contributed by atoms with E-state index in [1.54, 1.807) is 18.2 Å². The van der Waals surface area contributed by atoms with Gasteiger partial charge in [0.15, 0.2) is 5.69 Å². The molecule has 0 aliphatic heterocycles. The molecule has 0 spiro atoms. The van der Waals surface area contributed by atoms with Gasteiger partial charge in [-0.3, -0.25) is 9.59 Å². The van der Waals surface area contributed by atoms with Crippen molar-refractivity contribution in [2.24, 2.45) is 0 Å². The van der Waals surface area contributed by atoms with Crippen molar-refractivity contribution in [2.45, 2.75) is 0 Å². The lowest BCUT2D eigenvalue weighted by Crippen LogP contribution is -2.26. The minimum Gasteiger partial charge on any atom is -0.495 e. The highest BCUT2D eigenvalue weighted by molar-refractivity contribution is 6.32. The Balaban J connectivity index is 1.99. The number of methoxy groups -OCH3 is 2. The number of aromatic nitrogens is 2. The van der Waals surface area contributed by atoms with Crippen molar-refractivity contribution >= 4 is 23.2 Å². The second kappa shape index (κ2) is 8.10. The van der Waals surface area contributed by atoms with Gasteiger partial charge in [0, 0.05) is 5.69 Å². The van der Waals surface area contributed by atoms with Crippen LogP contribution in [0.25, 0.3) is 5.69 Å². The standard InChI is InChI=1S/C19H15ClFN3O4/c1-27-16-7-6-12(9-14(16)20)22-19(26)18-15(25)10-17(28-2)24(23-18)13-5-3-4-11(21)8-13/h3-10H,1-2H3,(H,22,26). The van der Waals surface area contributed by atoms with Crippen LogP contribution < -0.4 is 20.2 Å². The van der Waals surface area contributed by atoms with Crippen LogP contribution in [0.2, 0.25) is 5.02 Å². The molecule has 7 nitrogen and oxygen atoms in total.